The number of nitrogens with zero attached hydrogens (tertiary/aromatic N) is 1. The minimum atomic E-state index is -0.0702. The molecule has 0 unspecified atom stereocenters. The maximum Gasteiger partial charge on any atom is 0.176 e. The van der Waals surface area contributed by atoms with E-state index in [1.807, 2.05) is 36.4 Å². The molecule has 2 aromatic rings. The van der Waals surface area contributed by atoms with Crippen molar-refractivity contribution in [2.45, 2.75) is 19.8 Å². The van der Waals surface area contributed by atoms with Gasteiger partial charge in [-0.05, 0) is 60.5 Å². The number of ketones is 1. The lowest BCUT2D eigenvalue weighted by Crippen LogP contribution is -2.13. The van der Waals surface area contributed by atoms with E-state index < -0.39 is 0 Å². The lowest BCUT2D eigenvalue weighted by molar-refractivity contribution is 0.100. The zero-order valence-corrected chi connectivity index (χ0v) is 13.4. The van der Waals surface area contributed by atoms with Crippen molar-refractivity contribution in [3.63, 3.8) is 0 Å². The Kier molecular flexibility index (Phi) is 6.51. The van der Waals surface area contributed by atoms with Crippen molar-refractivity contribution in [3.05, 3.63) is 59.7 Å². The molecular weight excluding hydrogens is 288 g/mol. The molecule has 0 aromatic heterocycles. The Balaban J connectivity index is 1.95. The number of unbranched alkanes of at least 4 members (excludes halogenated alkanes) is 1. The van der Waals surface area contributed by atoms with Crippen LogP contribution in [0.2, 0.25) is 0 Å². The van der Waals surface area contributed by atoms with Crippen molar-refractivity contribution >= 4 is 17.7 Å². The molecule has 0 atom stereocenters. The fraction of sp³-hybridized carbons (Fsp3) is 0.263. The summed E-state index contributed by atoms with van der Waals surface area (Å²) in [4.78, 5) is 15.9. The Bertz CT molecular complexity index is 646. The molecule has 0 spiro atoms. The Morgan fingerprint density at radius 2 is 1.83 bits per heavy atom. The molecule has 4 nitrogen and oxygen atoms in total. The molecule has 0 aliphatic rings. The van der Waals surface area contributed by atoms with Gasteiger partial charge >= 0.3 is 0 Å². The Labute approximate surface area is 137 Å². The zero-order chi connectivity index (χ0) is 16.5. The van der Waals surface area contributed by atoms with Crippen LogP contribution in [0.5, 0.6) is 5.75 Å². The number of carbonyl (C=O) groups excluding carboxylic acids is 1. The van der Waals surface area contributed by atoms with E-state index in [2.05, 4.69) is 11.9 Å². The van der Waals surface area contributed by atoms with Crippen molar-refractivity contribution < 1.29 is 9.53 Å². The first-order valence-corrected chi connectivity index (χ1v) is 7.83. The number of Topliss-reactive ketones (excluding diaryl/α,β-unsaturated/α-hetero) is 1. The minimum Gasteiger partial charge on any atom is -0.494 e. The monoisotopic (exact) mass is 310 g/mol. The van der Waals surface area contributed by atoms with E-state index in [9.17, 15) is 4.79 Å². The normalized spacial score (nSPS) is 10.9. The molecule has 0 aliphatic carbocycles. The number of benzene rings is 2. The van der Waals surface area contributed by atoms with E-state index in [0.717, 1.165) is 36.4 Å². The third kappa shape index (κ3) is 5.34. The van der Waals surface area contributed by atoms with Gasteiger partial charge in [-0.1, -0.05) is 13.3 Å². The van der Waals surface area contributed by atoms with Crippen molar-refractivity contribution in [2.75, 3.05) is 13.2 Å². The van der Waals surface area contributed by atoms with E-state index in [1.165, 1.54) is 0 Å². The summed E-state index contributed by atoms with van der Waals surface area (Å²) in [5.74, 6) is 0.805. The van der Waals surface area contributed by atoms with Gasteiger partial charge in [-0.15, -0.1) is 0 Å². The maximum absolute atomic E-state index is 11.5. The molecule has 2 N–H and O–H groups in total. The summed E-state index contributed by atoms with van der Waals surface area (Å²) in [5, 5.41) is 0. The number of rotatable bonds is 8. The van der Waals surface area contributed by atoms with Crippen molar-refractivity contribution in [2.24, 2.45) is 10.7 Å². The molecule has 0 amide bonds. The van der Waals surface area contributed by atoms with Crippen LogP contribution in [0.25, 0.3) is 0 Å². The first-order chi connectivity index (χ1) is 11.2. The number of carbonyl (C=O) groups is 1. The van der Waals surface area contributed by atoms with Crippen LogP contribution in [0.3, 0.4) is 0 Å². The third-order valence-electron chi connectivity index (χ3n) is 3.38. The van der Waals surface area contributed by atoms with Crippen LogP contribution >= 0.6 is 0 Å². The van der Waals surface area contributed by atoms with E-state index in [-0.39, 0.29) is 12.3 Å². The summed E-state index contributed by atoms with van der Waals surface area (Å²) in [6.45, 7) is 2.91. The number of hydrogen-bond acceptors (Lipinski definition) is 4. The molecular formula is C19H22N2O2. The number of hydrogen-bond donors (Lipinski definition) is 1. The smallest absolute Gasteiger partial charge is 0.176 e. The molecule has 2 rings (SSSR count). The first kappa shape index (κ1) is 16.9. The summed E-state index contributed by atoms with van der Waals surface area (Å²) < 4.78 is 5.62. The van der Waals surface area contributed by atoms with Crippen molar-refractivity contribution in [1.29, 1.82) is 0 Å². The predicted octanol–water partition coefficient (Wildman–Crippen LogP) is 3.76. The molecule has 0 saturated carbocycles. The SMILES string of the molecule is CCCCOc1ccc(C=Nc2ccc(C(=O)CN)cc2)cc1. The maximum atomic E-state index is 11.5. The van der Waals surface area contributed by atoms with Crippen LogP contribution < -0.4 is 10.5 Å². The predicted molar refractivity (Wildman–Crippen MR) is 93.9 cm³/mol. The lowest BCUT2D eigenvalue weighted by atomic mass is 10.1. The molecule has 120 valence electrons. The fourth-order valence-corrected chi connectivity index (χ4v) is 1.98. The zero-order valence-electron chi connectivity index (χ0n) is 13.4. The first-order valence-electron chi connectivity index (χ1n) is 7.83. The lowest BCUT2D eigenvalue weighted by Gasteiger charge is -2.04. The van der Waals surface area contributed by atoms with Gasteiger partial charge in [0.05, 0.1) is 18.8 Å². The van der Waals surface area contributed by atoms with E-state index in [0.29, 0.717) is 5.56 Å². The highest BCUT2D eigenvalue weighted by Gasteiger charge is 2.01. The largest absolute Gasteiger partial charge is 0.494 e. The highest BCUT2D eigenvalue weighted by molar-refractivity contribution is 5.97. The van der Waals surface area contributed by atoms with Crippen LogP contribution in [-0.4, -0.2) is 25.1 Å². The van der Waals surface area contributed by atoms with Gasteiger partial charge in [0.2, 0.25) is 0 Å². The van der Waals surface area contributed by atoms with Crippen LogP contribution in [-0.2, 0) is 0 Å². The highest BCUT2D eigenvalue weighted by atomic mass is 16.5. The summed E-state index contributed by atoms with van der Waals surface area (Å²) >= 11 is 0. The number of ether oxygens (including phenoxy) is 1. The van der Waals surface area contributed by atoms with E-state index >= 15 is 0 Å². The van der Waals surface area contributed by atoms with Crippen LogP contribution in [0.1, 0.15) is 35.7 Å². The molecule has 0 bridgehead atoms. The number of nitrogens with two attached hydrogens (primary N) is 1. The topological polar surface area (TPSA) is 64.7 Å². The quantitative estimate of drug-likeness (QED) is 0.459. The second-order valence-corrected chi connectivity index (χ2v) is 5.20. The van der Waals surface area contributed by atoms with Crippen LogP contribution in [0, 0.1) is 0 Å². The van der Waals surface area contributed by atoms with Crippen molar-refractivity contribution in [3.8, 4) is 5.75 Å². The highest BCUT2D eigenvalue weighted by Crippen LogP contribution is 2.15. The molecule has 4 heteroatoms. The second kappa shape index (κ2) is 8.86. The molecule has 23 heavy (non-hydrogen) atoms. The summed E-state index contributed by atoms with van der Waals surface area (Å²) in [5.41, 5.74) is 7.74. The molecule has 0 heterocycles. The van der Waals surface area contributed by atoms with Crippen molar-refractivity contribution in [1.82, 2.24) is 0 Å². The second-order valence-electron chi connectivity index (χ2n) is 5.20. The van der Waals surface area contributed by atoms with Gasteiger partial charge in [0, 0.05) is 11.8 Å². The number of aliphatic imine (C=N–C) groups is 1. The minimum absolute atomic E-state index is 0.0231. The van der Waals surface area contributed by atoms with Gasteiger partial charge < -0.3 is 10.5 Å². The fourth-order valence-electron chi connectivity index (χ4n) is 1.98. The average Bonchev–Trinajstić information content (AvgIpc) is 2.61. The third-order valence-corrected chi connectivity index (χ3v) is 3.38. The van der Waals surface area contributed by atoms with Gasteiger partial charge in [0.1, 0.15) is 5.75 Å². The Hall–Kier alpha value is -2.46. The van der Waals surface area contributed by atoms with Gasteiger partial charge in [0.25, 0.3) is 0 Å². The Morgan fingerprint density at radius 3 is 2.43 bits per heavy atom. The van der Waals surface area contributed by atoms with E-state index in [1.54, 1.807) is 18.3 Å². The summed E-state index contributed by atoms with van der Waals surface area (Å²) in [7, 11) is 0. The molecule has 0 aliphatic heterocycles. The van der Waals surface area contributed by atoms with Gasteiger partial charge in [-0.25, -0.2) is 0 Å². The standard InChI is InChI=1S/C19H22N2O2/c1-2-3-12-23-18-10-4-15(5-11-18)14-21-17-8-6-16(7-9-17)19(22)13-20/h4-11,14H,2-3,12-13,20H2,1H3. The summed E-state index contributed by atoms with van der Waals surface area (Å²) in [6.07, 6.45) is 3.97. The average molecular weight is 310 g/mol. The molecule has 0 radical (unpaired) electrons. The van der Waals surface area contributed by atoms with Crippen LogP contribution in [0.4, 0.5) is 5.69 Å². The molecule has 2 aromatic carbocycles. The van der Waals surface area contributed by atoms with Gasteiger partial charge in [0.15, 0.2) is 5.78 Å². The molecule has 0 fully saturated rings. The molecule has 0 saturated heterocycles. The van der Waals surface area contributed by atoms with Gasteiger partial charge in [-0.2, -0.15) is 0 Å². The Morgan fingerprint density at radius 1 is 1.13 bits per heavy atom. The van der Waals surface area contributed by atoms with Gasteiger partial charge in [-0.3, -0.25) is 9.79 Å². The summed E-state index contributed by atoms with van der Waals surface area (Å²) in [6, 6.07) is 14.9. The van der Waals surface area contributed by atoms with Crippen LogP contribution in [0.15, 0.2) is 53.5 Å². The van der Waals surface area contributed by atoms with E-state index in [4.69, 9.17) is 10.5 Å².